The molecule has 13 heteroatoms. The molecule has 2 amide bonds. The third-order valence-electron chi connectivity index (χ3n) is 4.52. The number of aromatic amines is 1. The summed E-state index contributed by atoms with van der Waals surface area (Å²) in [6, 6.07) is 7.45. The lowest BCUT2D eigenvalue weighted by Crippen LogP contribution is -2.57. The summed E-state index contributed by atoms with van der Waals surface area (Å²) >= 11 is 2.95. The number of nitrogens with zero attached hydrogens (tertiary/aromatic N) is 4. The van der Waals surface area contributed by atoms with E-state index in [1.165, 1.54) is 29.0 Å². The van der Waals surface area contributed by atoms with E-state index in [2.05, 4.69) is 20.5 Å². The molecule has 1 saturated heterocycles. The summed E-state index contributed by atoms with van der Waals surface area (Å²) in [6.45, 7) is -0.131. The van der Waals surface area contributed by atoms with Gasteiger partial charge in [0, 0.05) is 41.9 Å². The van der Waals surface area contributed by atoms with E-state index in [0.717, 1.165) is 24.6 Å². The van der Waals surface area contributed by atoms with Crippen LogP contribution in [0.2, 0.25) is 0 Å². The second kappa shape index (κ2) is 8.99. The highest BCUT2D eigenvalue weighted by molar-refractivity contribution is 7.88. The van der Waals surface area contributed by atoms with Gasteiger partial charge in [-0.15, -0.1) is 22.7 Å². The fourth-order valence-electron chi connectivity index (χ4n) is 2.99. The number of anilines is 1. The number of hydrogen-bond acceptors (Lipinski definition) is 9. The smallest absolute Gasteiger partial charge is 0.330 e. The van der Waals surface area contributed by atoms with E-state index >= 15 is 0 Å². The van der Waals surface area contributed by atoms with Gasteiger partial charge in [0.25, 0.3) is 11.8 Å². The summed E-state index contributed by atoms with van der Waals surface area (Å²) < 4.78 is 27.9. The second-order valence-electron chi connectivity index (χ2n) is 6.46. The molecule has 0 unspecified atom stereocenters. The molecule has 0 spiro atoms. The number of carbonyl (C=O) groups is 2. The molecule has 0 radical (unpaired) electrons. The number of thiophene rings is 2. The Bertz CT molecular complexity index is 1100. The Kier molecular flexibility index (Phi) is 6.15. The fraction of sp³-hybridized carbons (Fsp3) is 0.222. The van der Waals surface area contributed by atoms with Gasteiger partial charge in [0.05, 0.1) is 0 Å². The standard InChI is InChI=1S/C18H18N6O4S3/c25-16-15(11-19-18-20-12-21-22-18)17(26)24(8-6-14-4-2-10-30-14)31(27,28)23(16)7-5-13-3-1-9-29-13/h1-4,9-12H,5-8H2,(H2,19,20,21,22). The molecule has 3 aromatic heterocycles. The van der Waals surface area contributed by atoms with Crippen LogP contribution in [0.1, 0.15) is 9.75 Å². The van der Waals surface area contributed by atoms with E-state index in [1.807, 2.05) is 35.0 Å². The van der Waals surface area contributed by atoms with Crippen LogP contribution in [0.5, 0.6) is 0 Å². The Balaban J connectivity index is 1.62. The minimum absolute atomic E-state index is 0.0654. The van der Waals surface area contributed by atoms with Crippen LogP contribution in [-0.4, -0.2) is 57.1 Å². The molecular formula is C18H18N6O4S3. The second-order valence-corrected chi connectivity index (χ2v) is 10.3. The average Bonchev–Trinajstić information content (AvgIpc) is 3.51. The molecule has 0 saturated carbocycles. The van der Waals surface area contributed by atoms with Gasteiger partial charge in [-0.25, -0.2) is 13.7 Å². The lowest BCUT2D eigenvalue weighted by Gasteiger charge is -2.35. The predicted octanol–water partition coefficient (Wildman–Crippen LogP) is 1.62. The van der Waals surface area contributed by atoms with Crippen LogP contribution in [0, 0.1) is 0 Å². The quantitative estimate of drug-likeness (QED) is 0.372. The SMILES string of the molecule is O=C1C(=CNc2ncn[nH]2)C(=O)N(CCc2cccs2)S(=O)(=O)N1CCc1cccs1. The number of H-pyrrole nitrogens is 1. The van der Waals surface area contributed by atoms with Crippen LogP contribution in [0.3, 0.4) is 0 Å². The van der Waals surface area contributed by atoms with Gasteiger partial charge in [-0.05, 0) is 22.9 Å². The first-order valence-electron chi connectivity index (χ1n) is 9.22. The zero-order chi connectivity index (χ0) is 21.8. The van der Waals surface area contributed by atoms with Gasteiger partial charge in [-0.2, -0.15) is 18.5 Å². The first kappa shape index (κ1) is 21.2. The Hall–Kier alpha value is -3.03. The van der Waals surface area contributed by atoms with Gasteiger partial charge in [0.1, 0.15) is 11.9 Å². The molecule has 2 N–H and O–H groups in total. The van der Waals surface area contributed by atoms with E-state index < -0.39 is 22.0 Å². The van der Waals surface area contributed by atoms with Gasteiger partial charge in [-0.1, -0.05) is 12.1 Å². The van der Waals surface area contributed by atoms with Gasteiger partial charge in [-0.3, -0.25) is 9.59 Å². The summed E-state index contributed by atoms with van der Waals surface area (Å²) in [7, 11) is -4.30. The first-order valence-corrected chi connectivity index (χ1v) is 12.4. The van der Waals surface area contributed by atoms with Gasteiger partial charge in [0.15, 0.2) is 0 Å². The van der Waals surface area contributed by atoms with E-state index in [0.29, 0.717) is 12.8 Å². The molecule has 1 aliphatic heterocycles. The van der Waals surface area contributed by atoms with Crippen LogP contribution in [-0.2, 0) is 32.6 Å². The van der Waals surface area contributed by atoms with E-state index in [-0.39, 0.29) is 24.6 Å². The minimum Gasteiger partial charge on any atom is -0.330 e. The summed E-state index contributed by atoms with van der Waals surface area (Å²) in [5.74, 6) is -1.53. The first-order chi connectivity index (χ1) is 15.0. The van der Waals surface area contributed by atoms with Crippen LogP contribution < -0.4 is 5.32 Å². The van der Waals surface area contributed by atoms with Crippen molar-refractivity contribution in [3.63, 3.8) is 0 Å². The molecule has 0 atom stereocenters. The number of nitrogens with one attached hydrogen (secondary N) is 2. The Labute approximate surface area is 186 Å². The molecule has 0 aliphatic carbocycles. The maximum atomic E-state index is 13.2. The Morgan fingerprint density at radius 3 is 2.03 bits per heavy atom. The third-order valence-corrected chi connectivity index (χ3v) is 8.21. The Morgan fingerprint density at radius 2 is 1.58 bits per heavy atom. The van der Waals surface area contributed by atoms with Crippen molar-refractivity contribution >= 4 is 50.6 Å². The van der Waals surface area contributed by atoms with Crippen molar-refractivity contribution in [2.75, 3.05) is 18.4 Å². The lowest BCUT2D eigenvalue weighted by molar-refractivity contribution is -0.131. The minimum atomic E-state index is -4.30. The van der Waals surface area contributed by atoms with Crippen molar-refractivity contribution < 1.29 is 18.0 Å². The van der Waals surface area contributed by atoms with Crippen molar-refractivity contribution in [1.29, 1.82) is 0 Å². The number of aromatic nitrogens is 3. The molecule has 1 aliphatic rings. The summed E-state index contributed by atoms with van der Waals surface area (Å²) in [5, 5.41) is 12.7. The van der Waals surface area contributed by atoms with Crippen molar-refractivity contribution in [2.24, 2.45) is 0 Å². The fourth-order valence-corrected chi connectivity index (χ4v) is 5.89. The molecule has 162 valence electrons. The number of rotatable bonds is 8. The van der Waals surface area contributed by atoms with Crippen molar-refractivity contribution in [2.45, 2.75) is 12.8 Å². The molecule has 10 nitrogen and oxygen atoms in total. The van der Waals surface area contributed by atoms with Gasteiger partial charge in [0.2, 0.25) is 5.95 Å². The van der Waals surface area contributed by atoms with E-state index in [1.54, 1.807) is 0 Å². The van der Waals surface area contributed by atoms with E-state index in [9.17, 15) is 18.0 Å². The summed E-state index contributed by atoms with van der Waals surface area (Å²) in [5.41, 5.74) is -0.288. The topological polar surface area (TPSA) is 128 Å². The molecule has 4 rings (SSSR count). The number of amides is 2. The van der Waals surface area contributed by atoms with Gasteiger partial charge < -0.3 is 5.32 Å². The van der Waals surface area contributed by atoms with Crippen molar-refractivity contribution in [3.8, 4) is 0 Å². The molecule has 4 heterocycles. The molecule has 3 aromatic rings. The monoisotopic (exact) mass is 478 g/mol. The maximum Gasteiger partial charge on any atom is 0.331 e. The molecule has 31 heavy (non-hydrogen) atoms. The van der Waals surface area contributed by atoms with Crippen LogP contribution in [0.15, 0.2) is 53.1 Å². The molecule has 0 aromatic carbocycles. The van der Waals surface area contributed by atoms with Crippen molar-refractivity contribution in [3.05, 3.63) is 62.9 Å². The highest BCUT2D eigenvalue weighted by Gasteiger charge is 2.46. The lowest BCUT2D eigenvalue weighted by atomic mass is 10.2. The van der Waals surface area contributed by atoms with Crippen LogP contribution in [0.4, 0.5) is 5.95 Å². The van der Waals surface area contributed by atoms with Gasteiger partial charge >= 0.3 is 10.2 Å². The predicted molar refractivity (Wildman–Crippen MR) is 116 cm³/mol. The third kappa shape index (κ3) is 4.52. The number of carbonyl (C=O) groups excluding carboxylic acids is 2. The Morgan fingerprint density at radius 1 is 1.00 bits per heavy atom. The normalized spacial score (nSPS) is 16.1. The van der Waals surface area contributed by atoms with Crippen LogP contribution in [0.25, 0.3) is 0 Å². The number of hydrogen-bond donors (Lipinski definition) is 2. The van der Waals surface area contributed by atoms with Crippen molar-refractivity contribution in [1.82, 2.24) is 23.8 Å². The molecule has 1 fully saturated rings. The highest BCUT2D eigenvalue weighted by Crippen LogP contribution is 2.25. The summed E-state index contributed by atoms with van der Waals surface area (Å²) in [6.07, 6.45) is 3.14. The maximum absolute atomic E-state index is 13.2. The zero-order valence-electron chi connectivity index (χ0n) is 16.1. The van der Waals surface area contributed by atoms with E-state index in [4.69, 9.17) is 0 Å². The largest absolute Gasteiger partial charge is 0.331 e. The average molecular weight is 479 g/mol. The summed E-state index contributed by atoms with van der Waals surface area (Å²) in [4.78, 5) is 31.7. The zero-order valence-corrected chi connectivity index (χ0v) is 18.5. The van der Waals surface area contributed by atoms with Crippen LogP contribution >= 0.6 is 22.7 Å². The highest BCUT2D eigenvalue weighted by atomic mass is 32.2. The molecular weight excluding hydrogens is 460 g/mol. The molecule has 0 bridgehead atoms.